The molecule has 1 aliphatic carbocycles. The van der Waals surface area contributed by atoms with E-state index in [9.17, 15) is 28.0 Å². The van der Waals surface area contributed by atoms with Crippen molar-refractivity contribution in [3.63, 3.8) is 0 Å². The largest absolute Gasteiger partial charge is 0.369 e. The second-order valence-electron chi connectivity index (χ2n) is 17.0. The van der Waals surface area contributed by atoms with Crippen LogP contribution in [0, 0.1) is 11.3 Å². The maximum atomic E-state index is 14.3. The molecule has 6 aromatic rings. The van der Waals surface area contributed by atoms with Gasteiger partial charge >= 0.3 is 5.69 Å². The number of primary amides is 1. The summed E-state index contributed by atoms with van der Waals surface area (Å²) in [5, 5.41) is 15.8. The molecule has 1 spiro atoms. The first-order valence-electron chi connectivity index (χ1n) is 20.5. The first-order valence-corrected chi connectivity index (χ1v) is 20.5. The minimum atomic E-state index is -2.80. The van der Waals surface area contributed by atoms with Gasteiger partial charge < -0.3 is 15.5 Å². The van der Waals surface area contributed by atoms with Crippen molar-refractivity contribution in [2.75, 3.05) is 37.6 Å². The van der Waals surface area contributed by atoms with Gasteiger partial charge in [-0.15, -0.1) is 5.10 Å². The van der Waals surface area contributed by atoms with Crippen molar-refractivity contribution in [2.24, 2.45) is 24.1 Å². The summed E-state index contributed by atoms with van der Waals surface area (Å²) in [6.07, 6.45) is 9.86. The molecule has 10 rings (SSSR count). The second-order valence-corrected chi connectivity index (χ2v) is 17.0. The topological polar surface area (TPSA) is 189 Å². The fourth-order valence-corrected chi connectivity index (χ4v) is 10.1. The highest BCUT2D eigenvalue weighted by atomic mass is 19.3. The lowest BCUT2D eigenvalue weighted by atomic mass is 9.71. The van der Waals surface area contributed by atoms with Gasteiger partial charge in [-0.25, -0.2) is 23.2 Å². The van der Waals surface area contributed by atoms with Gasteiger partial charge in [0.1, 0.15) is 17.4 Å². The molecule has 3 amide bonds. The van der Waals surface area contributed by atoms with Crippen molar-refractivity contribution in [3.05, 3.63) is 76.9 Å². The van der Waals surface area contributed by atoms with Gasteiger partial charge in [0, 0.05) is 56.3 Å². The number of benzene rings is 1. The fourth-order valence-electron chi connectivity index (χ4n) is 10.1. The van der Waals surface area contributed by atoms with Crippen molar-refractivity contribution < 1.29 is 23.2 Å². The Morgan fingerprint density at radius 1 is 1.02 bits per heavy atom. The number of rotatable bonds is 9. The van der Waals surface area contributed by atoms with Gasteiger partial charge in [0.2, 0.25) is 17.7 Å². The zero-order valence-electron chi connectivity index (χ0n) is 33.1. The SMILES string of the molecule is Cn1c(=O)n(C2CCC(=O)NC2=O)c2cccc(N3CC4(CCN(CC5CCC(n6cc(-n7cc(-n8ccc9cc(C(N)=O)cnc98)nn7)c(C(F)F)n6)CC5)CC4)C3)c21. The Hall–Kier alpha value is -6.24. The van der Waals surface area contributed by atoms with Gasteiger partial charge in [-0.1, -0.05) is 11.3 Å². The van der Waals surface area contributed by atoms with Gasteiger partial charge in [-0.05, 0) is 88.2 Å². The molecule has 19 heteroatoms. The molecule has 5 aromatic heterocycles. The summed E-state index contributed by atoms with van der Waals surface area (Å²) < 4.78 is 36.5. The first kappa shape index (κ1) is 38.0. The lowest BCUT2D eigenvalue weighted by Gasteiger charge is -2.55. The van der Waals surface area contributed by atoms with Gasteiger partial charge in [0.05, 0.1) is 40.7 Å². The number of amides is 3. The highest BCUT2D eigenvalue weighted by molar-refractivity contribution is 6.00. The number of para-hydroxylation sites is 1. The number of anilines is 1. The predicted octanol–water partition coefficient (Wildman–Crippen LogP) is 3.80. The van der Waals surface area contributed by atoms with E-state index in [0.717, 1.165) is 82.5 Å². The van der Waals surface area contributed by atoms with Gasteiger partial charge in [0.15, 0.2) is 11.5 Å². The number of imidazole rings is 1. The van der Waals surface area contributed by atoms with E-state index in [1.807, 2.05) is 18.2 Å². The van der Waals surface area contributed by atoms with E-state index in [2.05, 4.69) is 35.5 Å². The third kappa shape index (κ3) is 6.45. The van der Waals surface area contributed by atoms with Crippen LogP contribution in [0.3, 0.4) is 0 Å². The number of hydrogen-bond donors (Lipinski definition) is 2. The number of hydrogen-bond acceptors (Lipinski definition) is 10. The monoisotopic (exact) mass is 821 g/mol. The molecule has 312 valence electrons. The third-order valence-corrected chi connectivity index (χ3v) is 13.4. The van der Waals surface area contributed by atoms with Crippen LogP contribution in [-0.2, 0) is 16.6 Å². The van der Waals surface area contributed by atoms with E-state index < -0.39 is 24.3 Å². The third-order valence-electron chi connectivity index (χ3n) is 13.4. The van der Waals surface area contributed by atoms with Crippen LogP contribution in [0.5, 0.6) is 0 Å². The summed E-state index contributed by atoms with van der Waals surface area (Å²) in [5.74, 6) is -0.434. The summed E-state index contributed by atoms with van der Waals surface area (Å²) in [4.78, 5) is 58.8. The molecule has 3 saturated heterocycles. The maximum absolute atomic E-state index is 14.3. The van der Waals surface area contributed by atoms with E-state index in [-0.39, 0.29) is 46.4 Å². The lowest BCUT2D eigenvalue weighted by Crippen LogP contribution is -2.60. The Balaban J connectivity index is 0.747. The zero-order valence-corrected chi connectivity index (χ0v) is 33.1. The second kappa shape index (κ2) is 14.5. The summed E-state index contributed by atoms with van der Waals surface area (Å²) in [7, 11) is 1.75. The van der Waals surface area contributed by atoms with Crippen molar-refractivity contribution in [2.45, 2.75) is 69.9 Å². The first-order chi connectivity index (χ1) is 28.9. The molecule has 0 bridgehead atoms. The molecule has 8 heterocycles. The van der Waals surface area contributed by atoms with E-state index in [4.69, 9.17) is 5.73 Å². The Morgan fingerprint density at radius 2 is 1.80 bits per heavy atom. The molecule has 17 nitrogen and oxygen atoms in total. The summed E-state index contributed by atoms with van der Waals surface area (Å²) in [5.41, 5.74) is 8.48. The van der Waals surface area contributed by atoms with Crippen molar-refractivity contribution >= 4 is 45.5 Å². The molecule has 0 radical (unpaired) electrons. The summed E-state index contributed by atoms with van der Waals surface area (Å²) in [6.45, 7) is 4.87. The number of nitrogens with two attached hydrogens (primary N) is 1. The molecule has 1 atom stereocenters. The molecule has 1 aromatic carbocycles. The number of halogens is 2. The molecular weight excluding hydrogens is 777 g/mol. The Labute approximate surface area is 341 Å². The van der Waals surface area contributed by atoms with Crippen LogP contribution in [0.15, 0.2) is 59.9 Å². The molecule has 60 heavy (non-hydrogen) atoms. The summed E-state index contributed by atoms with van der Waals surface area (Å²) >= 11 is 0. The van der Waals surface area contributed by atoms with Gasteiger partial charge in [0.25, 0.3) is 6.43 Å². The number of aryl methyl sites for hydroxylation is 1. The highest BCUT2D eigenvalue weighted by Crippen LogP contribution is 2.45. The Morgan fingerprint density at radius 3 is 2.53 bits per heavy atom. The van der Waals surface area contributed by atoms with Crippen molar-refractivity contribution in [1.82, 2.24) is 53.7 Å². The van der Waals surface area contributed by atoms with Crippen molar-refractivity contribution in [1.29, 1.82) is 0 Å². The van der Waals surface area contributed by atoms with Crippen LogP contribution in [0.4, 0.5) is 14.5 Å². The van der Waals surface area contributed by atoms with Crippen LogP contribution in [0.1, 0.15) is 85.9 Å². The predicted molar refractivity (Wildman–Crippen MR) is 215 cm³/mol. The normalized spacial score (nSPS) is 22.3. The van der Waals surface area contributed by atoms with Crippen molar-refractivity contribution in [3.8, 4) is 11.5 Å². The van der Waals surface area contributed by atoms with E-state index in [0.29, 0.717) is 34.7 Å². The number of alkyl halides is 2. The number of nitrogens with one attached hydrogen (secondary N) is 1. The molecule has 4 fully saturated rings. The fraction of sp³-hybridized carbons (Fsp3) is 0.463. The minimum absolute atomic E-state index is 0.00277. The zero-order chi connectivity index (χ0) is 41.4. The van der Waals surface area contributed by atoms with E-state index >= 15 is 0 Å². The average Bonchev–Trinajstić information content (AvgIpc) is 4.03. The quantitative estimate of drug-likeness (QED) is 0.203. The number of imide groups is 1. The number of carbonyl (C=O) groups excluding carboxylic acids is 3. The van der Waals surface area contributed by atoms with Crippen LogP contribution < -0.4 is 21.6 Å². The molecule has 4 aliphatic rings. The number of carbonyl (C=O) groups is 3. The van der Waals surface area contributed by atoms with Gasteiger partial charge in [-0.3, -0.25) is 38.1 Å². The van der Waals surface area contributed by atoms with E-state index in [1.165, 1.54) is 10.9 Å². The highest BCUT2D eigenvalue weighted by Gasteiger charge is 2.46. The average molecular weight is 822 g/mol. The Bertz CT molecular complexity index is 2720. The number of fused-ring (bicyclic) bond motifs is 2. The molecule has 3 aliphatic heterocycles. The van der Waals surface area contributed by atoms with Gasteiger partial charge in [-0.2, -0.15) is 5.10 Å². The Kier molecular flexibility index (Phi) is 9.18. The van der Waals surface area contributed by atoms with Crippen LogP contribution in [0.2, 0.25) is 0 Å². The lowest BCUT2D eigenvalue weighted by molar-refractivity contribution is -0.135. The molecule has 3 N–H and O–H groups in total. The number of aromatic nitrogens is 9. The number of pyridine rings is 1. The standard InChI is InChI=1S/C41H45F2N13O4/c1-50-35-28(3-2-4-29(35)56(40(50)60)30-9-10-33(57)46-39(30)59)52-22-41(23-52)12-15-51(16-13-41)19-24-5-7-27(8-6-24)54-20-31(34(48-54)36(42)43)55-21-32(47-49-55)53-14-11-25-17-26(37(44)58)18-45-38(25)53/h2-4,11,14,17-18,20-21,24,27,30,36H,5-10,12-13,15-16,19,22-23H2,1H3,(H2,44,58)(H,46,57,59). The molecule has 1 saturated carbocycles. The minimum Gasteiger partial charge on any atom is -0.369 e. The van der Waals surface area contributed by atoms with Crippen LogP contribution in [0.25, 0.3) is 33.6 Å². The molecular formula is C41H45F2N13O4. The number of likely N-dealkylation sites (tertiary alicyclic amines) is 1. The smallest absolute Gasteiger partial charge is 0.329 e. The van der Waals surface area contributed by atoms with Crippen LogP contribution in [-0.4, -0.2) is 98.8 Å². The van der Waals surface area contributed by atoms with E-state index in [1.54, 1.807) is 56.2 Å². The summed E-state index contributed by atoms with van der Waals surface area (Å²) in [6, 6.07) is 8.55. The number of piperidine rings is 2. The van der Waals surface area contributed by atoms with Crippen LogP contribution >= 0.6 is 0 Å². The number of nitrogens with zero attached hydrogens (tertiary/aromatic N) is 11. The maximum Gasteiger partial charge on any atom is 0.329 e. The molecule has 1 unspecified atom stereocenters.